The zero-order chi connectivity index (χ0) is 15.4. The van der Waals surface area contributed by atoms with Crippen molar-refractivity contribution in [3.8, 4) is 22.2 Å². The lowest BCUT2D eigenvalue weighted by atomic mass is 10.4. The van der Waals surface area contributed by atoms with Gasteiger partial charge in [-0.25, -0.2) is 0 Å². The van der Waals surface area contributed by atoms with Crippen molar-refractivity contribution >= 4 is 43.8 Å². The lowest BCUT2D eigenvalue weighted by molar-refractivity contribution is 0.764. The quantitative estimate of drug-likeness (QED) is 0.560. The van der Waals surface area contributed by atoms with Gasteiger partial charge in [-0.15, -0.1) is 10.2 Å². The second kappa shape index (κ2) is 4.86. The minimum absolute atomic E-state index is 0.503. The predicted octanol–water partition coefficient (Wildman–Crippen LogP) is 2.70. The number of aromatic nitrogens is 8. The molecule has 0 amide bonds. The molecule has 8 nitrogen and oxygen atoms in total. The summed E-state index contributed by atoms with van der Waals surface area (Å²) in [5.74, 6) is 0.547. The molecule has 4 aromatic heterocycles. The van der Waals surface area contributed by atoms with Gasteiger partial charge >= 0.3 is 0 Å². The first-order chi connectivity index (χ1) is 10.6. The molecular weight excluding hydrogens is 392 g/mol. The van der Waals surface area contributed by atoms with Crippen molar-refractivity contribution in [3.05, 3.63) is 21.4 Å². The van der Waals surface area contributed by atoms with Gasteiger partial charge in [-0.3, -0.25) is 9.78 Å². The van der Waals surface area contributed by atoms with Crippen LogP contribution in [0.15, 0.2) is 10.7 Å². The summed E-state index contributed by atoms with van der Waals surface area (Å²) in [5, 5.41) is 25.4. The number of rotatable bonds is 2. The van der Waals surface area contributed by atoms with Crippen LogP contribution in [-0.2, 0) is 7.05 Å². The molecule has 0 bridgehead atoms. The molecule has 0 unspecified atom stereocenters. The molecule has 0 fully saturated rings. The fourth-order valence-corrected chi connectivity index (χ4v) is 3.66. The maximum Gasteiger partial charge on any atom is 0.235 e. The molecule has 0 aromatic carbocycles. The fourth-order valence-electron chi connectivity index (χ4n) is 2.08. The van der Waals surface area contributed by atoms with Crippen molar-refractivity contribution in [1.29, 1.82) is 0 Å². The summed E-state index contributed by atoms with van der Waals surface area (Å²) in [7, 11) is 1.79. The Morgan fingerprint density at radius 2 is 2.18 bits per heavy atom. The van der Waals surface area contributed by atoms with Crippen LogP contribution in [0, 0.1) is 6.92 Å². The topological polar surface area (TPSA) is 89.6 Å². The molecule has 4 rings (SSSR count). The Bertz CT molecular complexity index is 976. The van der Waals surface area contributed by atoms with E-state index in [0.29, 0.717) is 21.5 Å². The fraction of sp³-hybridized carbons (Fsp3) is 0.182. The van der Waals surface area contributed by atoms with Crippen molar-refractivity contribution < 1.29 is 0 Å². The lowest BCUT2D eigenvalue weighted by Crippen LogP contribution is -1.99. The van der Waals surface area contributed by atoms with Crippen LogP contribution in [0.2, 0.25) is 5.02 Å². The summed E-state index contributed by atoms with van der Waals surface area (Å²) >= 11 is 11.1. The van der Waals surface area contributed by atoms with Crippen molar-refractivity contribution in [1.82, 2.24) is 39.8 Å². The van der Waals surface area contributed by atoms with E-state index >= 15 is 0 Å². The predicted molar refractivity (Wildman–Crippen MR) is 85.9 cm³/mol. The number of aromatic amines is 1. The normalized spacial score (nSPS) is 11.6. The van der Waals surface area contributed by atoms with Crippen molar-refractivity contribution in [2.75, 3.05) is 0 Å². The molecule has 4 aromatic rings. The third-order valence-corrected chi connectivity index (χ3v) is 5.32. The van der Waals surface area contributed by atoms with E-state index in [9.17, 15) is 0 Å². The minimum Gasteiger partial charge on any atom is -0.281 e. The highest BCUT2D eigenvalue weighted by Gasteiger charge is 2.21. The number of halogens is 2. The van der Waals surface area contributed by atoms with Gasteiger partial charge in [0.1, 0.15) is 11.4 Å². The van der Waals surface area contributed by atoms with Crippen LogP contribution >= 0.6 is 38.9 Å². The van der Waals surface area contributed by atoms with E-state index in [4.69, 9.17) is 11.6 Å². The molecule has 0 spiro atoms. The molecule has 0 saturated carbocycles. The number of fused-ring (bicyclic) bond motifs is 1. The molecule has 0 atom stereocenters. The van der Waals surface area contributed by atoms with Gasteiger partial charge in [0.2, 0.25) is 10.8 Å². The Labute approximate surface area is 141 Å². The molecule has 4 heterocycles. The summed E-state index contributed by atoms with van der Waals surface area (Å²) in [6.07, 6.45) is 1.57. The maximum absolute atomic E-state index is 6.18. The van der Waals surface area contributed by atoms with Crippen LogP contribution < -0.4 is 0 Å². The van der Waals surface area contributed by atoms with E-state index in [1.165, 1.54) is 11.3 Å². The summed E-state index contributed by atoms with van der Waals surface area (Å²) in [4.78, 5) is 0.662. The van der Waals surface area contributed by atoms with Crippen molar-refractivity contribution in [2.24, 2.45) is 7.05 Å². The first kappa shape index (κ1) is 13.9. The molecule has 0 saturated heterocycles. The van der Waals surface area contributed by atoms with Crippen LogP contribution in [-0.4, -0.2) is 39.8 Å². The van der Waals surface area contributed by atoms with Crippen LogP contribution in [0.4, 0.5) is 0 Å². The number of H-pyrrole nitrogens is 1. The summed E-state index contributed by atoms with van der Waals surface area (Å²) in [5.41, 5.74) is 2.36. The first-order valence-corrected chi connectivity index (χ1v) is 8.16. The highest BCUT2D eigenvalue weighted by atomic mass is 79.9. The third-order valence-electron chi connectivity index (χ3n) is 3.17. The van der Waals surface area contributed by atoms with Crippen LogP contribution in [0.1, 0.15) is 5.69 Å². The largest absolute Gasteiger partial charge is 0.281 e. The second-order valence-corrected chi connectivity index (χ2v) is 6.76. The summed E-state index contributed by atoms with van der Waals surface area (Å²) in [6, 6.07) is 0. The molecular formula is C11H8BrClN8S. The van der Waals surface area contributed by atoms with E-state index in [-0.39, 0.29) is 0 Å². The van der Waals surface area contributed by atoms with Crippen LogP contribution in [0.5, 0.6) is 0 Å². The van der Waals surface area contributed by atoms with E-state index < -0.39 is 0 Å². The monoisotopic (exact) mass is 398 g/mol. The van der Waals surface area contributed by atoms with Gasteiger partial charge in [-0.2, -0.15) is 19.8 Å². The number of aryl methyl sites for hydroxylation is 2. The van der Waals surface area contributed by atoms with Gasteiger partial charge < -0.3 is 0 Å². The smallest absolute Gasteiger partial charge is 0.235 e. The summed E-state index contributed by atoms with van der Waals surface area (Å²) < 4.78 is 4.18. The van der Waals surface area contributed by atoms with Crippen molar-refractivity contribution in [3.63, 3.8) is 0 Å². The van der Waals surface area contributed by atoms with Crippen LogP contribution in [0.3, 0.4) is 0 Å². The number of nitrogens with one attached hydrogen (secondary N) is 1. The Morgan fingerprint density at radius 3 is 2.82 bits per heavy atom. The Balaban J connectivity index is 1.92. The highest BCUT2D eigenvalue weighted by Crippen LogP contribution is 2.33. The van der Waals surface area contributed by atoms with Gasteiger partial charge in [0, 0.05) is 12.7 Å². The zero-order valence-corrected chi connectivity index (χ0v) is 14.5. The molecule has 112 valence electrons. The Kier molecular flexibility index (Phi) is 3.06. The maximum atomic E-state index is 6.18. The van der Waals surface area contributed by atoms with E-state index in [0.717, 1.165) is 20.9 Å². The van der Waals surface area contributed by atoms with E-state index in [2.05, 4.69) is 46.5 Å². The average Bonchev–Trinajstić information content (AvgIpc) is 3.19. The lowest BCUT2D eigenvalue weighted by Gasteiger charge is -1.98. The standard InChI is InChI=1S/C11H8BrClN8S/c1-4-6(12)7(16-15-4)10-19-21-9(17-18-11(21)22-10)8-5(13)3-14-20(8)2/h3H,1-2H3,(H,15,16). The molecule has 11 heteroatoms. The average molecular weight is 400 g/mol. The van der Waals surface area contributed by atoms with E-state index in [1.807, 2.05) is 6.92 Å². The number of hydrogen-bond donors (Lipinski definition) is 1. The number of nitrogens with zero attached hydrogens (tertiary/aromatic N) is 7. The molecule has 0 aliphatic rings. The molecule has 0 aliphatic carbocycles. The zero-order valence-electron chi connectivity index (χ0n) is 11.4. The summed E-state index contributed by atoms with van der Waals surface area (Å²) in [6.45, 7) is 1.93. The van der Waals surface area contributed by atoms with Gasteiger partial charge in [0.15, 0.2) is 5.01 Å². The third kappa shape index (κ3) is 1.91. The van der Waals surface area contributed by atoms with Gasteiger partial charge in [-0.05, 0) is 22.9 Å². The van der Waals surface area contributed by atoms with Gasteiger partial charge in [0.05, 0.1) is 15.7 Å². The van der Waals surface area contributed by atoms with Crippen molar-refractivity contribution in [2.45, 2.75) is 6.92 Å². The minimum atomic E-state index is 0.503. The Morgan fingerprint density at radius 1 is 1.36 bits per heavy atom. The van der Waals surface area contributed by atoms with Gasteiger partial charge in [0.25, 0.3) is 0 Å². The number of hydrogen-bond acceptors (Lipinski definition) is 6. The molecule has 1 N–H and O–H groups in total. The molecule has 0 radical (unpaired) electrons. The molecule has 0 aliphatic heterocycles. The Hall–Kier alpha value is -1.78. The van der Waals surface area contributed by atoms with Crippen LogP contribution in [0.25, 0.3) is 27.2 Å². The highest BCUT2D eigenvalue weighted by molar-refractivity contribution is 9.10. The SMILES string of the molecule is Cc1[nH]nc(-c2nn3c(-c4c(Cl)cnn4C)nnc3s2)c1Br. The van der Waals surface area contributed by atoms with E-state index in [1.54, 1.807) is 22.4 Å². The second-order valence-electron chi connectivity index (χ2n) is 4.60. The van der Waals surface area contributed by atoms with Gasteiger partial charge in [-0.1, -0.05) is 22.9 Å². The first-order valence-electron chi connectivity index (χ1n) is 6.17. The molecule has 22 heavy (non-hydrogen) atoms.